The Labute approximate surface area is 123 Å². The third-order valence-electron chi connectivity index (χ3n) is 3.38. The number of carbonyl (C=O) groups excluding carboxylic acids is 1. The zero-order chi connectivity index (χ0) is 14.7. The van der Waals surface area contributed by atoms with E-state index in [1.54, 1.807) is 25.1 Å². The molecular formula is C14H19ClFN3O. The monoisotopic (exact) mass is 299 g/mol. The molecule has 0 spiro atoms. The lowest BCUT2D eigenvalue weighted by molar-refractivity contribution is 0.158. The van der Waals surface area contributed by atoms with Crippen molar-refractivity contribution in [2.45, 2.75) is 18.9 Å². The normalized spacial score (nSPS) is 16.1. The van der Waals surface area contributed by atoms with Crippen LogP contribution in [0.1, 0.15) is 12.8 Å². The van der Waals surface area contributed by atoms with Crippen LogP contribution in [0.2, 0.25) is 5.02 Å². The lowest BCUT2D eigenvalue weighted by Crippen LogP contribution is -2.46. The molecule has 6 heteroatoms. The Morgan fingerprint density at radius 3 is 2.55 bits per heavy atom. The van der Waals surface area contributed by atoms with Crippen LogP contribution < -0.4 is 5.32 Å². The summed E-state index contributed by atoms with van der Waals surface area (Å²) in [7, 11) is 3.50. The quantitative estimate of drug-likeness (QED) is 0.911. The van der Waals surface area contributed by atoms with Crippen LogP contribution in [0.3, 0.4) is 0 Å². The number of hydrogen-bond acceptors (Lipinski definition) is 2. The van der Waals surface area contributed by atoms with E-state index in [4.69, 9.17) is 11.6 Å². The van der Waals surface area contributed by atoms with Crippen molar-refractivity contribution in [3.8, 4) is 0 Å². The van der Waals surface area contributed by atoms with Crippen molar-refractivity contribution < 1.29 is 9.18 Å². The molecule has 1 fully saturated rings. The molecule has 1 aromatic rings. The first-order valence-corrected chi connectivity index (χ1v) is 7.02. The maximum absolute atomic E-state index is 13.3. The molecule has 0 aromatic heterocycles. The molecule has 0 atom stereocenters. The molecule has 2 amide bonds. The fourth-order valence-corrected chi connectivity index (χ4v) is 2.59. The van der Waals surface area contributed by atoms with Gasteiger partial charge in [-0.3, -0.25) is 0 Å². The zero-order valence-corrected chi connectivity index (χ0v) is 12.5. The van der Waals surface area contributed by atoms with Crippen molar-refractivity contribution in [3.63, 3.8) is 0 Å². The minimum atomic E-state index is -0.347. The molecule has 20 heavy (non-hydrogen) atoms. The number of urea groups is 1. The molecule has 1 N–H and O–H groups in total. The van der Waals surface area contributed by atoms with E-state index < -0.39 is 0 Å². The van der Waals surface area contributed by atoms with Gasteiger partial charge < -0.3 is 15.1 Å². The van der Waals surface area contributed by atoms with Gasteiger partial charge in [0.05, 0.1) is 0 Å². The van der Waals surface area contributed by atoms with Gasteiger partial charge in [0.1, 0.15) is 5.82 Å². The summed E-state index contributed by atoms with van der Waals surface area (Å²) in [6, 6.07) is 4.70. The van der Waals surface area contributed by atoms with Crippen molar-refractivity contribution in [2.24, 2.45) is 0 Å². The summed E-state index contributed by atoms with van der Waals surface area (Å²) in [5, 5.41) is 3.66. The number of carbonyl (C=O) groups is 1. The highest BCUT2D eigenvalue weighted by atomic mass is 35.5. The summed E-state index contributed by atoms with van der Waals surface area (Å²) < 4.78 is 13.3. The lowest BCUT2D eigenvalue weighted by Gasteiger charge is -2.34. The van der Waals surface area contributed by atoms with E-state index in [1.165, 1.54) is 12.1 Å². The van der Waals surface area contributed by atoms with Gasteiger partial charge in [-0.2, -0.15) is 0 Å². The molecule has 0 saturated carbocycles. The molecular weight excluding hydrogens is 281 g/mol. The van der Waals surface area contributed by atoms with Gasteiger partial charge >= 0.3 is 6.03 Å². The summed E-state index contributed by atoms with van der Waals surface area (Å²) in [4.78, 5) is 15.2. The highest BCUT2D eigenvalue weighted by molar-refractivity contribution is 6.30. The van der Waals surface area contributed by atoms with Gasteiger partial charge in [-0.1, -0.05) is 11.6 Å². The maximum atomic E-state index is 13.3. The van der Waals surface area contributed by atoms with E-state index in [0.717, 1.165) is 12.8 Å². The minimum absolute atomic E-state index is 0.0391. The van der Waals surface area contributed by atoms with E-state index in [-0.39, 0.29) is 17.9 Å². The summed E-state index contributed by atoms with van der Waals surface area (Å²) in [5.74, 6) is -0.347. The first-order valence-electron chi connectivity index (χ1n) is 6.64. The van der Waals surface area contributed by atoms with E-state index in [0.29, 0.717) is 23.8 Å². The first-order chi connectivity index (χ1) is 9.45. The van der Waals surface area contributed by atoms with Crippen LogP contribution in [0, 0.1) is 5.82 Å². The molecule has 110 valence electrons. The Bertz CT molecular complexity index is 467. The SMILES string of the molecule is CN(C)C(=O)N1CCC(Nc2cc(F)cc(Cl)c2)CC1. The Morgan fingerprint density at radius 2 is 2.00 bits per heavy atom. The highest BCUT2D eigenvalue weighted by Gasteiger charge is 2.23. The number of anilines is 1. The molecule has 0 aliphatic carbocycles. The average molecular weight is 300 g/mol. The molecule has 4 nitrogen and oxygen atoms in total. The van der Waals surface area contributed by atoms with Crippen LogP contribution in [-0.4, -0.2) is 49.1 Å². The maximum Gasteiger partial charge on any atom is 0.319 e. The van der Waals surface area contributed by atoms with Crippen LogP contribution in [0.5, 0.6) is 0 Å². The van der Waals surface area contributed by atoms with Gasteiger partial charge in [-0.25, -0.2) is 9.18 Å². The van der Waals surface area contributed by atoms with Crippen molar-refractivity contribution in [1.29, 1.82) is 0 Å². The van der Waals surface area contributed by atoms with Crippen LogP contribution in [0.4, 0.5) is 14.9 Å². The predicted molar refractivity (Wildman–Crippen MR) is 78.7 cm³/mol. The van der Waals surface area contributed by atoms with Gasteiger partial charge in [-0.05, 0) is 31.0 Å². The standard InChI is InChI=1S/C14H19ClFN3O/c1-18(2)14(20)19-5-3-12(4-6-19)17-13-8-10(15)7-11(16)9-13/h7-9,12,17H,3-6H2,1-2H3. The number of hydrogen-bond donors (Lipinski definition) is 1. The van der Waals surface area contributed by atoms with Crippen LogP contribution in [0.15, 0.2) is 18.2 Å². The van der Waals surface area contributed by atoms with Crippen LogP contribution in [0.25, 0.3) is 0 Å². The smallest absolute Gasteiger partial charge is 0.319 e. The van der Waals surface area contributed by atoms with E-state index in [9.17, 15) is 9.18 Å². The third kappa shape index (κ3) is 3.76. The summed E-state index contributed by atoms with van der Waals surface area (Å²) in [6.45, 7) is 1.41. The van der Waals surface area contributed by atoms with Crippen LogP contribution >= 0.6 is 11.6 Å². The average Bonchev–Trinajstić information content (AvgIpc) is 2.37. The predicted octanol–water partition coefficient (Wildman–Crippen LogP) is 3.04. The lowest BCUT2D eigenvalue weighted by atomic mass is 10.0. The Hall–Kier alpha value is -1.49. The number of nitrogens with one attached hydrogen (secondary N) is 1. The summed E-state index contributed by atoms with van der Waals surface area (Å²) >= 11 is 5.83. The number of likely N-dealkylation sites (tertiary alicyclic amines) is 1. The number of halogens is 2. The largest absolute Gasteiger partial charge is 0.382 e. The fraction of sp³-hybridized carbons (Fsp3) is 0.500. The molecule has 1 heterocycles. The minimum Gasteiger partial charge on any atom is -0.382 e. The zero-order valence-electron chi connectivity index (χ0n) is 11.7. The topological polar surface area (TPSA) is 35.6 Å². The van der Waals surface area contributed by atoms with E-state index >= 15 is 0 Å². The van der Waals surface area contributed by atoms with Crippen molar-refractivity contribution in [3.05, 3.63) is 29.0 Å². The summed E-state index contributed by atoms with van der Waals surface area (Å²) in [6.07, 6.45) is 1.68. The molecule has 0 radical (unpaired) electrons. The molecule has 1 aliphatic heterocycles. The second-order valence-corrected chi connectivity index (χ2v) is 5.68. The molecule has 1 aliphatic rings. The number of benzene rings is 1. The fourth-order valence-electron chi connectivity index (χ4n) is 2.37. The molecule has 0 unspecified atom stereocenters. The van der Waals surface area contributed by atoms with Gasteiger partial charge in [0.15, 0.2) is 0 Å². The number of amides is 2. The van der Waals surface area contributed by atoms with Gasteiger partial charge in [0, 0.05) is 43.9 Å². The molecule has 0 bridgehead atoms. The number of piperidine rings is 1. The highest BCUT2D eigenvalue weighted by Crippen LogP contribution is 2.21. The number of rotatable bonds is 2. The summed E-state index contributed by atoms with van der Waals surface area (Å²) in [5.41, 5.74) is 0.687. The van der Waals surface area contributed by atoms with Crippen molar-refractivity contribution in [2.75, 3.05) is 32.5 Å². The number of nitrogens with zero attached hydrogens (tertiary/aromatic N) is 2. The molecule has 2 rings (SSSR count). The Morgan fingerprint density at radius 1 is 1.35 bits per heavy atom. The molecule has 1 saturated heterocycles. The van der Waals surface area contributed by atoms with Crippen LogP contribution in [-0.2, 0) is 0 Å². The Balaban J connectivity index is 1.90. The van der Waals surface area contributed by atoms with Crippen molar-refractivity contribution >= 4 is 23.3 Å². The Kier molecular flexibility index (Phi) is 4.70. The van der Waals surface area contributed by atoms with Gasteiger partial charge in [-0.15, -0.1) is 0 Å². The van der Waals surface area contributed by atoms with E-state index in [1.807, 2.05) is 4.90 Å². The molecule has 1 aromatic carbocycles. The third-order valence-corrected chi connectivity index (χ3v) is 3.60. The second-order valence-electron chi connectivity index (χ2n) is 5.24. The van der Waals surface area contributed by atoms with Crippen molar-refractivity contribution in [1.82, 2.24) is 9.80 Å². The van der Waals surface area contributed by atoms with E-state index in [2.05, 4.69) is 5.32 Å². The first kappa shape index (κ1) is 14.9. The van der Waals surface area contributed by atoms with Gasteiger partial charge in [0.25, 0.3) is 0 Å². The van der Waals surface area contributed by atoms with Gasteiger partial charge in [0.2, 0.25) is 0 Å². The second kappa shape index (κ2) is 6.31.